The SMILES string of the molecule is CC1CCCC(Cn2cncc2-c2ccnc(N)c2)C1. The van der Waals surface area contributed by atoms with Crippen molar-refractivity contribution < 1.29 is 0 Å². The quantitative estimate of drug-likeness (QED) is 0.930. The van der Waals surface area contributed by atoms with Crippen LogP contribution in [0.3, 0.4) is 0 Å². The molecule has 1 aliphatic rings. The van der Waals surface area contributed by atoms with Gasteiger partial charge < -0.3 is 10.3 Å². The molecular formula is C16H22N4. The van der Waals surface area contributed by atoms with Crippen LogP contribution in [0.15, 0.2) is 30.9 Å². The summed E-state index contributed by atoms with van der Waals surface area (Å²) < 4.78 is 2.26. The van der Waals surface area contributed by atoms with Gasteiger partial charge in [-0.1, -0.05) is 19.8 Å². The van der Waals surface area contributed by atoms with Crippen LogP contribution in [0.2, 0.25) is 0 Å². The first-order valence-corrected chi connectivity index (χ1v) is 7.44. The topological polar surface area (TPSA) is 56.7 Å². The van der Waals surface area contributed by atoms with Gasteiger partial charge in [-0.2, -0.15) is 0 Å². The van der Waals surface area contributed by atoms with Gasteiger partial charge in [-0.15, -0.1) is 0 Å². The van der Waals surface area contributed by atoms with E-state index in [4.69, 9.17) is 5.73 Å². The number of anilines is 1. The first-order chi connectivity index (χ1) is 9.72. The van der Waals surface area contributed by atoms with Crippen molar-refractivity contribution >= 4 is 5.82 Å². The molecule has 0 amide bonds. The molecule has 0 saturated heterocycles. The zero-order chi connectivity index (χ0) is 13.9. The highest BCUT2D eigenvalue weighted by Gasteiger charge is 2.20. The lowest BCUT2D eigenvalue weighted by Gasteiger charge is -2.27. The number of hydrogen-bond donors (Lipinski definition) is 1. The van der Waals surface area contributed by atoms with E-state index in [1.807, 2.05) is 24.7 Å². The third kappa shape index (κ3) is 2.84. The second-order valence-corrected chi connectivity index (χ2v) is 6.04. The molecule has 0 spiro atoms. The molecule has 1 saturated carbocycles. The van der Waals surface area contributed by atoms with Gasteiger partial charge in [0.25, 0.3) is 0 Å². The van der Waals surface area contributed by atoms with Crippen molar-refractivity contribution in [1.82, 2.24) is 14.5 Å². The summed E-state index contributed by atoms with van der Waals surface area (Å²) in [5.74, 6) is 2.18. The molecule has 1 aliphatic carbocycles. The average molecular weight is 270 g/mol. The van der Waals surface area contributed by atoms with Gasteiger partial charge in [-0.25, -0.2) is 9.97 Å². The molecule has 2 aromatic heterocycles. The van der Waals surface area contributed by atoms with Crippen LogP contribution in [0, 0.1) is 11.8 Å². The van der Waals surface area contributed by atoms with Crippen molar-refractivity contribution in [2.75, 3.05) is 5.73 Å². The van der Waals surface area contributed by atoms with Crippen molar-refractivity contribution in [3.05, 3.63) is 30.9 Å². The molecule has 1 fully saturated rings. The maximum Gasteiger partial charge on any atom is 0.123 e. The average Bonchev–Trinajstić information content (AvgIpc) is 2.87. The van der Waals surface area contributed by atoms with E-state index in [-0.39, 0.29) is 0 Å². The highest BCUT2D eigenvalue weighted by molar-refractivity contribution is 5.61. The van der Waals surface area contributed by atoms with Crippen LogP contribution >= 0.6 is 0 Å². The third-order valence-electron chi connectivity index (χ3n) is 4.29. The molecule has 2 N–H and O–H groups in total. The summed E-state index contributed by atoms with van der Waals surface area (Å²) in [7, 11) is 0. The smallest absolute Gasteiger partial charge is 0.123 e. The van der Waals surface area contributed by atoms with Gasteiger partial charge >= 0.3 is 0 Å². The Morgan fingerprint density at radius 2 is 2.30 bits per heavy atom. The van der Waals surface area contributed by atoms with Gasteiger partial charge in [0.1, 0.15) is 5.82 Å². The monoisotopic (exact) mass is 270 g/mol. The fourth-order valence-electron chi connectivity index (χ4n) is 3.32. The minimum atomic E-state index is 0.557. The molecule has 0 bridgehead atoms. The zero-order valence-corrected chi connectivity index (χ0v) is 12.0. The Balaban J connectivity index is 1.80. The number of nitrogens with zero attached hydrogens (tertiary/aromatic N) is 3. The number of imidazole rings is 1. The summed E-state index contributed by atoms with van der Waals surface area (Å²) in [6, 6.07) is 3.91. The van der Waals surface area contributed by atoms with Crippen LogP contribution in [-0.4, -0.2) is 14.5 Å². The number of nitrogens with two attached hydrogens (primary N) is 1. The van der Waals surface area contributed by atoms with E-state index in [0.717, 1.165) is 29.6 Å². The molecule has 0 aromatic carbocycles. The van der Waals surface area contributed by atoms with Crippen molar-refractivity contribution in [3.63, 3.8) is 0 Å². The van der Waals surface area contributed by atoms with E-state index in [1.54, 1.807) is 6.20 Å². The van der Waals surface area contributed by atoms with E-state index < -0.39 is 0 Å². The molecule has 2 heterocycles. The number of hydrogen-bond acceptors (Lipinski definition) is 3. The van der Waals surface area contributed by atoms with Gasteiger partial charge in [0.15, 0.2) is 0 Å². The van der Waals surface area contributed by atoms with E-state index in [0.29, 0.717) is 5.82 Å². The van der Waals surface area contributed by atoms with Crippen LogP contribution in [0.25, 0.3) is 11.3 Å². The van der Waals surface area contributed by atoms with Crippen molar-refractivity contribution in [1.29, 1.82) is 0 Å². The van der Waals surface area contributed by atoms with Crippen molar-refractivity contribution in [2.24, 2.45) is 11.8 Å². The third-order valence-corrected chi connectivity index (χ3v) is 4.29. The number of aromatic nitrogens is 3. The van der Waals surface area contributed by atoms with E-state index in [2.05, 4.69) is 21.5 Å². The van der Waals surface area contributed by atoms with Crippen LogP contribution in [0.1, 0.15) is 32.6 Å². The maximum atomic E-state index is 5.78. The van der Waals surface area contributed by atoms with Gasteiger partial charge in [-0.05, 0) is 36.8 Å². The molecule has 0 radical (unpaired) electrons. The van der Waals surface area contributed by atoms with Crippen LogP contribution in [-0.2, 0) is 6.54 Å². The molecule has 20 heavy (non-hydrogen) atoms. The largest absolute Gasteiger partial charge is 0.384 e. The number of pyridine rings is 1. The lowest BCUT2D eigenvalue weighted by molar-refractivity contribution is 0.257. The van der Waals surface area contributed by atoms with Gasteiger partial charge in [0, 0.05) is 18.3 Å². The summed E-state index contributed by atoms with van der Waals surface area (Å²) in [6.45, 7) is 3.42. The van der Waals surface area contributed by atoms with Gasteiger partial charge in [0.05, 0.1) is 18.2 Å². The minimum absolute atomic E-state index is 0.557. The molecule has 2 aromatic rings. The number of nitrogen functional groups attached to an aromatic ring is 1. The van der Waals surface area contributed by atoms with E-state index >= 15 is 0 Å². The van der Waals surface area contributed by atoms with Crippen molar-refractivity contribution in [2.45, 2.75) is 39.2 Å². The molecular weight excluding hydrogens is 248 g/mol. The first-order valence-electron chi connectivity index (χ1n) is 7.44. The van der Waals surface area contributed by atoms with Crippen LogP contribution in [0.5, 0.6) is 0 Å². The molecule has 2 unspecified atom stereocenters. The second kappa shape index (κ2) is 5.65. The van der Waals surface area contributed by atoms with Crippen LogP contribution in [0.4, 0.5) is 5.82 Å². The lowest BCUT2D eigenvalue weighted by Crippen LogP contribution is -2.18. The molecule has 2 atom stereocenters. The Hall–Kier alpha value is -1.84. The first kappa shape index (κ1) is 13.2. The van der Waals surface area contributed by atoms with Gasteiger partial charge in [-0.3, -0.25) is 0 Å². The zero-order valence-electron chi connectivity index (χ0n) is 12.0. The predicted octanol–water partition coefficient (Wildman–Crippen LogP) is 3.35. The Kier molecular flexibility index (Phi) is 3.72. The molecule has 4 nitrogen and oxygen atoms in total. The predicted molar refractivity (Wildman–Crippen MR) is 81.0 cm³/mol. The van der Waals surface area contributed by atoms with Crippen LogP contribution < -0.4 is 5.73 Å². The van der Waals surface area contributed by atoms with E-state index in [1.165, 1.54) is 25.7 Å². The Morgan fingerprint density at radius 3 is 3.10 bits per heavy atom. The molecule has 3 rings (SSSR count). The highest BCUT2D eigenvalue weighted by atomic mass is 15.0. The number of rotatable bonds is 3. The fourth-order valence-corrected chi connectivity index (χ4v) is 3.32. The standard InChI is InChI=1S/C16H22N4/c1-12-3-2-4-13(7-12)10-20-11-18-9-15(20)14-5-6-19-16(17)8-14/h5-6,8-9,11-13H,2-4,7,10H2,1H3,(H2,17,19). The maximum absolute atomic E-state index is 5.78. The second-order valence-electron chi connectivity index (χ2n) is 6.04. The summed E-state index contributed by atoms with van der Waals surface area (Å²) in [5, 5.41) is 0. The summed E-state index contributed by atoms with van der Waals surface area (Å²) in [4.78, 5) is 8.37. The Labute approximate surface area is 120 Å². The summed E-state index contributed by atoms with van der Waals surface area (Å²) in [6.07, 6.45) is 11.0. The normalized spacial score (nSPS) is 22.9. The fraction of sp³-hybridized carbons (Fsp3) is 0.500. The van der Waals surface area contributed by atoms with Crippen molar-refractivity contribution in [3.8, 4) is 11.3 Å². The Morgan fingerprint density at radius 1 is 1.40 bits per heavy atom. The Bertz CT molecular complexity index is 575. The summed E-state index contributed by atoms with van der Waals surface area (Å²) >= 11 is 0. The summed E-state index contributed by atoms with van der Waals surface area (Å²) in [5.41, 5.74) is 8.01. The van der Waals surface area contributed by atoms with Gasteiger partial charge in [0.2, 0.25) is 0 Å². The molecule has 0 aliphatic heterocycles. The lowest BCUT2D eigenvalue weighted by atomic mass is 9.82. The van der Waals surface area contributed by atoms with E-state index in [9.17, 15) is 0 Å². The minimum Gasteiger partial charge on any atom is -0.384 e. The highest BCUT2D eigenvalue weighted by Crippen LogP contribution is 2.31. The molecule has 4 heteroatoms. The molecule has 106 valence electrons.